The summed E-state index contributed by atoms with van der Waals surface area (Å²) in [5.74, 6) is -1.08. The van der Waals surface area contributed by atoms with Gasteiger partial charge in [-0.05, 0) is 42.3 Å². The number of amides is 4. The Morgan fingerprint density at radius 1 is 1.17 bits per heavy atom. The van der Waals surface area contributed by atoms with Gasteiger partial charge in [-0.2, -0.15) is 17.9 Å². The average Bonchev–Trinajstić information content (AvgIpc) is 2.79. The number of fused-ring (bicyclic) bond motifs is 1. The van der Waals surface area contributed by atoms with Crippen molar-refractivity contribution in [1.82, 2.24) is 25.6 Å². The average molecular weight is 509 g/mol. The Bertz CT molecular complexity index is 1410. The molecule has 14 heteroatoms. The molecule has 0 bridgehead atoms. The Hall–Kier alpha value is -4.00. The van der Waals surface area contributed by atoms with Gasteiger partial charge in [0.05, 0.1) is 21.7 Å². The van der Waals surface area contributed by atoms with E-state index in [1.54, 1.807) is 6.07 Å². The van der Waals surface area contributed by atoms with E-state index in [1.165, 1.54) is 12.1 Å². The second-order valence-electron chi connectivity index (χ2n) is 7.66. The monoisotopic (exact) mass is 508 g/mol. The second-order valence-corrected chi connectivity index (χ2v) is 8.06. The van der Waals surface area contributed by atoms with E-state index >= 15 is 0 Å². The van der Waals surface area contributed by atoms with E-state index in [4.69, 9.17) is 11.6 Å². The van der Waals surface area contributed by atoms with Gasteiger partial charge in [0.25, 0.3) is 11.5 Å². The fourth-order valence-corrected chi connectivity index (χ4v) is 3.70. The molecule has 0 saturated carbocycles. The third kappa shape index (κ3) is 5.24. The molecule has 35 heavy (non-hydrogen) atoms. The van der Waals surface area contributed by atoms with Crippen LogP contribution in [0.2, 0.25) is 5.02 Å². The minimum atomic E-state index is -4.57. The molecule has 2 aromatic carbocycles. The van der Waals surface area contributed by atoms with Crippen molar-refractivity contribution in [1.29, 1.82) is 0 Å². The van der Waals surface area contributed by atoms with Crippen LogP contribution in [0.3, 0.4) is 0 Å². The van der Waals surface area contributed by atoms with Crippen molar-refractivity contribution in [2.75, 3.05) is 5.32 Å². The zero-order valence-corrected chi connectivity index (χ0v) is 18.4. The summed E-state index contributed by atoms with van der Waals surface area (Å²) in [4.78, 5) is 48.6. The molecule has 1 aliphatic rings. The van der Waals surface area contributed by atoms with Gasteiger partial charge in [0, 0.05) is 13.0 Å². The molecule has 10 nitrogen and oxygen atoms in total. The number of piperidine rings is 1. The molecule has 1 saturated heterocycles. The number of hydrogen-bond donors (Lipinski definition) is 3. The summed E-state index contributed by atoms with van der Waals surface area (Å²) in [5, 5.41) is 14.7. The summed E-state index contributed by atoms with van der Waals surface area (Å²) < 4.78 is 39.2. The van der Waals surface area contributed by atoms with Gasteiger partial charge in [-0.3, -0.25) is 19.7 Å². The van der Waals surface area contributed by atoms with Gasteiger partial charge in [-0.15, -0.1) is 5.10 Å². The van der Waals surface area contributed by atoms with Crippen molar-refractivity contribution >= 4 is 46.0 Å². The third-order valence-corrected chi connectivity index (χ3v) is 5.56. The summed E-state index contributed by atoms with van der Waals surface area (Å²) in [7, 11) is 0. The lowest BCUT2D eigenvalue weighted by molar-refractivity contribution is -0.138. The highest BCUT2D eigenvalue weighted by molar-refractivity contribution is 6.33. The standard InChI is InChI=1S/C21H16ClF3N6O4/c22-13-8-11(21(23,24)25)2-4-15(13)27-20(35)26-9-10-1-3-14-12(7-10)19(34)31(30-29-14)16-5-6-17(32)28-18(16)33/h1-4,7-8,16H,5-6,9H2,(H2,26,27,35)(H,28,32,33). The number of nitrogens with one attached hydrogen (secondary N) is 3. The van der Waals surface area contributed by atoms with E-state index in [0.29, 0.717) is 11.6 Å². The van der Waals surface area contributed by atoms with Crippen LogP contribution in [-0.4, -0.2) is 32.8 Å². The number of nitrogens with zero attached hydrogens (tertiary/aromatic N) is 3. The molecule has 2 heterocycles. The SMILES string of the molecule is O=C1CCC(n2nnc3ccc(CNC(=O)Nc4ccc(C(F)(F)F)cc4Cl)cc3c2=O)C(=O)N1. The van der Waals surface area contributed by atoms with Crippen LogP contribution in [-0.2, 0) is 22.3 Å². The number of anilines is 1. The van der Waals surface area contributed by atoms with Gasteiger partial charge >= 0.3 is 12.2 Å². The molecule has 0 spiro atoms. The van der Waals surface area contributed by atoms with Crippen molar-refractivity contribution in [3.05, 3.63) is 62.9 Å². The number of carbonyl (C=O) groups is 3. The number of urea groups is 1. The number of imide groups is 1. The molecular formula is C21H16ClF3N6O4. The number of hydrogen-bond acceptors (Lipinski definition) is 6. The van der Waals surface area contributed by atoms with Gasteiger partial charge in [-0.1, -0.05) is 22.9 Å². The van der Waals surface area contributed by atoms with E-state index in [1.807, 2.05) is 0 Å². The zero-order valence-electron chi connectivity index (χ0n) is 17.6. The third-order valence-electron chi connectivity index (χ3n) is 5.25. The predicted octanol–water partition coefficient (Wildman–Crippen LogP) is 2.76. The van der Waals surface area contributed by atoms with Crippen LogP contribution in [0.4, 0.5) is 23.7 Å². The van der Waals surface area contributed by atoms with E-state index in [-0.39, 0.29) is 41.0 Å². The lowest BCUT2D eigenvalue weighted by Gasteiger charge is -2.21. The summed E-state index contributed by atoms with van der Waals surface area (Å²) in [6.45, 7) is -0.0415. The largest absolute Gasteiger partial charge is 0.416 e. The molecule has 3 N–H and O–H groups in total. The maximum atomic E-state index is 12.9. The smallest absolute Gasteiger partial charge is 0.334 e. The molecule has 4 rings (SSSR count). The van der Waals surface area contributed by atoms with E-state index in [2.05, 4.69) is 26.3 Å². The molecule has 3 aromatic rings. The Kier molecular flexibility index (Phi) is 6.43. The molecule has 1 aliphatic heterocycles. The molecule has 1 fully saturated rings. The van der Waals surface area contributed by atoms with Crippen molar-refractivity contribution in [3.8, 4) is 0 Å². The molecule has 182 valence electrons. The number of carbonyl (C=O) groups excluding carboxylic acids is 3. The number of rotatable bonds is 4. The summed E-state index contributed by atoms with van der Waals surface area (Å²) in [6.07, 6.45) is -4.40. The molecule has 0 aliphatic carbocycles. The van der Waals surface area contributed by atoms with Crippen LogP contribution < -0.4 is 21.5 Å². The first-order valence-corrected chi connectivity index (χ1v) is 10.5. The van der Waals surface area contributed by atoms with E-state index < -0.39 is 41.2 Å². The first-order chi connectivity index (χ1) is 16.5. The van der Waals surface area contributed by atoms with Crippen LogP contribution in [0.25, 0.3) is 10.9 Å². The van der Waals surface area contributed by atoms with Gasteiger partial charge in [0.1, 0.15) is 11.6 Å². The molecular weight excluding hydrogens is 493 g/mol. The van der Waals surface area contributed by atoms with Gasteiger partial charge in [0.2, 0.25) is 5.91 Å². The highest BCUT2D eigenvalue weighted by atomic mass is 35.5. The zero-order chi connectivity index (χ0) is 25.3. The fourth-order valence-electron chi connectivity index (χ4n) is 3.47. The normalized spacial score (nSPS) is 16.2. The Balaban J connectivity index is 1.47. The maximum Gasteiger partial charge on any atom is 0.416 e. The van der Waals surface area contributed by atoms with Crippen LogP contribution in [0.15, 0.2) is 41.2 Å². The first kappa shape index (κ1) is 24.1. The topological polar surface area (TPSA) is 135 Å². The number of benzene rings is 2. The summed E-state index contributed by atoms with van der Waals surface area (Å²) in [6, 6.07) is 5.41. The van der Waals surface area contributed by atoms with Crippen molar-refractivity contribution in [2.45, 2.75) is 31.6 Å². The Labute approximate surface area is 199 Å². The quantitative estimate of drug-likeness (QED) is 0.464. The Morgan fingerprint density at radius 3 is 2.63 bits per heavy atom. The van der Waals surface area contributed by atoms with Crippen molar-refractivity contribution < 1.29 is 27.6 Å². The molecule has 1 unspecified atom stereocenters. The number of alkyl halides is 3. The molecule has 0 radical (unpaired) electrons. The lowest BCUT2D eigenvalue weighted by atomic mass is 10.1. The fraction of sp³-hybridized carbons (Fsp3) is 0.238. The molecule has 1 aromatic heterocycles. The van der Waals surface area contributed by atoms with Gasteiger partial charge in [-0.25, -0.2) is 4.79 Å². The van der Waals surface area contributed by atoms with E-state index in [0.717, 1.165) is 16.8 Å². The highest BCUT2D eigenvalue weighted by Crippen LogP contribution is 2.33. The van der Waals surface area contributed by atoms with Crippen molar-refractivity contribution in [3.63, 3.8) is 0 Å². The first-order valence-electron chi connectivity index (χ1n) is 10.2. The van der Waals surface area contributed by atoms with Crippen molar-refractivity contribution in [2.24, 2.45) is 0 Å². The number of halogens is 4. The predicted molar refractivity (Wildman–Crippen MR) is 118 cm³/mol. The maximum absolute atomic E-state index is 12.9. The minimum Gasteiger partial charge on any atom is -0.334 e. The Morgan fingerprint density at radius 2 is 1.94 bits per heavy atom. The summed E-state index contributed by atoms with van der Waals surface area (Å²) >= 11 is 5.84. The lowest BCUT2D eigenvalue weighted by Crippen LogP contribution is -2.45. The second kappa shape index (κ2) is 9.33. The molecule has 1 atom stereocenters. The van der Waals surface area contributed by atoms with E-state index in [9.17, 15) is 32.3 Å². The van der Waals surface area contributed by atoms with Crippen LogP contribution in [0, 0.1) is 0 Å². The van der Waals surface area contributed by atoms with Crippen LogP contribution in [0.5, 0.6) is 0 Å². The van der Waals surface area contributed by atoms with Crippen LogP contribution >= 0.6 is 11.6 Å². The number of aromatic nitrogens is 3. The van der Waals surface area contributed by atoms with Gasteiger partial charge < -0.3 is 10.6 Å². The summed E-state index contributed by atoms with van der Waals surface area (Å²) in [5.41, 5.74) is -0.782. The molecule has 4 amide bonds. The van der Waals surface area contributed by atoms with Gasteiger partial charge in [0.15, 0.2) is 0 Å². The highest BCUT2D eigenvalue weighted by Gasteiger charge is 2.31. The van der Waals surface area contributed by atoms with Crippen LogP contribution in [0.1, 0.15) is 30.0 Å². The minimum absolute atomic E-state index is 0.0157.